The smallest absolute Gasteiger partial charge is 0.368 e. The molecule has 5 heteroatoms. The van der Waals surface area contributed by atoms with Gasteiger partial charge in [-0.2, -0.15) is 13.2 Å². The molecule has 0 aromatic heterocycles. The lowest BCUT2D eigenvalue weighted by Crippen LogP contribution is -2.31. The van der Waals surface area contributed by atoms with Gasteiger partial charge in [0.2, 0.25) is 0 Å². The molecule has 0 saturated carbocycles. The fourth-order valence-corrected chi connectivity index (χ4v) is 2.62. The Balaban J connectivity index is 2.46. The molecule has 1 aliphatic rings. The van der Waals surface area contributed by atoms with Crippen LogP contribution >= 0.6 is 0 Å². The first-order valence-electron chi connectivity index (χ1n) is 5.88. The lowest BCUT2D eigenvalue weighted by atomic mass is 10.0. The summed E-state index contributed by atoms with van der Waals surface area (Å²) >= 11 is 0. The molecule has 1 aromatic carbocycles. The fraction of sp³-hybridized carbons (Fsp3) is 0.462. The second-order valence-corrected chi connectivity index (χ2v) is 4.35. The van der Waals surface area contributed by atoms with Gasteiger partial charge in [-0.3, -0.25) is 0 Å². The zero-order valence-corrected chi connectivity index (χ0v) is 10.00. The van der Waals surface area contributed by atoms with Crippen molar-refractivity contribution >= 4 is 12.0 Å². The Kier molecular flexibility index (Phi) is 3.32. The van der Waals surface area contributed by atoms with Crippen LogP contribution in [0.25, 0.3) is 0 Å². The number of hydrogen-bond donors (Lipinski definition) is 0. The number of benzene rings is 1. The molecule has 0 radical (unpaired) electrons. The third kappa shape index (κ3) is 2.09. The second-order valence-electron chi connectivity index (χ2n) is 4.35. The monoisotopic (exact) mass is 257 g/mol. The Bertz CT molecular complexity index is 456. The molecule has 1 heterocycles. The van der Waals surface area contributed by atoms with Crippen molar-refractivity contribution in [1.29, 1.82) is 0 Å². The van der Waals surface area contributed by atoms with E-state index in [1.54, 1.807) is 6.07 Å². The quantitative estimate of drug-likeness (QED) is 0.776. The molecule has 18 heavy (non-hydrogen) atoms. The summed E-state index contributed by atoms with van der Waals surface area (Å²) in [6, 6.07) is 4.08. The average Bonchev–Trinajstić information content (AvgIpc) is 2.65. The highest BCUT2D eigenvalue weighted by Gasteiger charge is 2.38. The predicted octanol–water partition coefficient (Wildman–Crippen LogP) is 3.05. The van der Waals surface area contributed by atoms with Crippen molar-refractivity contribution in [2.75, 3.05) is 11.4 Å². The van der Waals surface area contributed by atoms with E-state index in [4.69, 9.17) is 0 Å². The van der Waals surface area contributed by atoms with Crippen LogP contribution in [0.3, 0.4) is 0 Å². The Morgan fingerprint density at radius 3 is 2.72 bits per heavy atom. The molecule has 0 fully saturated rings. The summed E-state index contributed by atoms with van der Waals surface area (Å²) in [7, 11) is 0. The Morgan fingerprint density at radius 2 is 2.17 bits per heavy atom. The lowest BCUT2D eigenvalue weighted by Gasteiger charge is -2.24. The van der Waals surface area contributed by atoms with E-state index in [0.29, 0.717) is 17.8 Å². The Morgan fingerprint density at radius 1 is 1.44 bits per heavy atom. The van der Waals surface area contributed by atoms with E-state index in [0.717, 1.165) is 12.4 Å². The maximum absolute atomic E-state index is 12.9. The molecule has 1 aromatic rings. The summed E-state index contributed by atoms with van der Waals surface area (Å²) in [6.07, 6.45) is -3.01. The minimum absolute atomic E-state index is 0.147. The molecule has 0 N–H and O–H groups in total. The lowest BCUT2D eigenvalue weighted by molar-refractivity contribution is -0.138. The van der Waals surface area contributed by atoms with Gasteiger partial charge in [0.05, 0.1) is 5.56 Å². The number of halogens is 3. The summed E-state index contributed by atoms with van der Waals surface area (Å²) in [5.41, 5.74) is 0.352. The third-order valence-electron chi connectivity index (χ3n) is 3.36. The second kappa shape index (κ2) is 4.63. The number of carbonyl (C=O) groups is 1. The van der Waals surface area contributed by atoms with E-state index >= 15 is 0 Å². The van der Waals surface area contributed by atoms with E-state index in [9.17, 15) is 18.0 Å². The first-order valence-corrected chi connectivity index (χ1v) is 5.88. The van der Waals surface area contributed by atoms with Crippen LogP contribution in [0.15, 0.2) is 18.2 Å². The maximum atomic E-state index is 12.9. The highest BCUT2D eigenvalue weighted by atomic mass is 19.4. The highest BCUT2D eigenvalue weighted by molar-refractivity contribution is 5.65. The van der Waals surface area contributed by atoms with Crippen LogP contribution in [-0.4, -0.2) is 18.9 Å². The van der Waals surface area contributed by atoms with Crippen LogP contribution < -0.4 is 4.90 Å². The highest BCUT2D eigenvalue weighted by Crippen LogP contribution is 2.41. The van der Waals surface area contributed by atoms with Gasteiger partial charge in [0.25, 0.3) is 0 Å². The van der Waals surface area contributed by atoms with Crippen molar-refractivity contribution in [3.8, 4) is 0 Å². The van der Waals surface area contributed by atoms with Crippen molar-refractivity contribution in [2.24, 2.45) is 0 Å². The van der Waals surface area contributed by atoms with Gasteiger partial charge in [0.15, 0.2) is 0 Å². The van der Waals surface area contributed by atoms with E-state index < -0.39 is 11.7 Å². The number of nitrogens with zero attached hydrogens (tertiary/aromatic N) is 1. The number of carbonyl (C=O) groups excluding carboxylic acids is 1. The topological polar surface area (TPSA) is 20.3 Å². The SMILES string of the molecule is CCN1c2cccc(C(F)(F)F)c2CC1CC=O. The Hall–Kier alpha value is -1.52. The summed E-state index contributed by atoms with van der Waals surface area (Å²) in [5, 5.41) is 0. The number of fused-ring (bicyclic) bond motifs is 1. The molecule has 98 valence electrons. The standard InChI is InChI=1S/C13H14F3NO/c1-2-17-9(6-7-18)8-10-11(13(14,15)16)4-3-5-12(10)17/h3-5,7,9H,2,6,8H2,1H3. The minimum atomic E-state index is -4.33. The van der Waals surface area contributed by atoms with E-state index in [-0.39, 0.29) is 18.9 Å². The number of alkyl halides is 3. The average molecular weight is 257 g/mol. The maximum Gasteiger partial charge on any atom is 0.416 e. The first kappa shape index (κ1) is 12.9. The zero-order valence-electron chi connectivity index (χ0n) is 10.00. The number of hydrogen-bond acceptors (Lipinski definition) is 2. The molecule has 0 bridgehead atoms. The van der Waals surface area contributed by atoms with Gasteiger partial charge in [-0.25, -0.2) is 0 Å². The van der Waals surface area contributed by atoms with Crippen molar-refractivity contribution in [3.63, 3.8) is 0 Å². The molecule has 0 amide bonds. The predicted molar refractivity (Wildman–Crippen MR) is 62.6 cm³/mol. The van der Waals surface area contributed by atoms with Gasteiger partial charge >= 0.3 is 6.18 Å². The number of likely N-dealkylation sites (N-methyl/N-ethyl adjacent to an activating group) is 1. The Labute approximate surface area is 103 Å². The summed E-state index contributed by atoms with van der Waals surface area (Å²) in [4.78, 5) is 12.5. The normalized spacial score (nSPS) is 18.9. The molecule has 0 spiro atoms. The van der Waals surface area contributed by atoms with Crippen LogP contribution in [0.4, 0.5) is 18.9 Å². The molecule has 2 rings (SSSR count). The summed E-state index contributed by atoms with van der Waals surface area (Å²) in [6.45, 7) is 2.49. The molecular formula is C13H14F3NO. The number of anilines is 1. The first-order chi connectivity index (χ1) is 8.49. The van der Waals surface area contributed by atoms with Crippen LogP contribution in [0.1, 0.15) is 24.5 Å². The van der Waals surface area contributed by atoms with Crippen molar-refractivity contribution in [3.05, 3.63) is 29.3 Å². The van der Waals surface area contributed by atoms with Crippen molar-refractivity contribution in [2.45, 2.75) is 32.0 Å². The van der Waals surface area contributed by atoms with Gasteiger partial charge in [0, 0.05) is 24.7 Å². The van der Waals surface area contributed by atoms with Gasteiger partial charge in [-0.05, 0) is 31.0 Å². The molecule has 2 nitrogen and oxygen atoms in total. The van der Waals surface area contributed by atoms with E-state index in [1.807, 2.05) is 11.8 Å². The number of rotatable bonds is 3. The number of aldehydes is 1. The molecule has 1 unspecified atom stereocenters. The summed E-state index contributed by atoms with van der Waals surface area (Å²) in [5.74, 6) is 0. The minimum Gasteiger partial charge on any atom is -0.368 e. The molecule has 1 atom stereocenters. The zero-order chi connectivity index (χ0) is 13.3. The molecular weight excluding hydrogens is 243 g/mol. The third-order valence-corrected chi connectivity index (χ3v) is 3.36. The fourth-order valence-electron chi connectivity index (χ4n) is 2.62. The molecule has 0 saturated heterocycles. The van der Waals surface area contributed by atoms with Crippen LogP contribution in [0.2, 0.25) is 0 Å². The van der Waals surface area contributed by atoms with Crippen LogP contribution in [0, 0.1) is 0 Å². The van der Waals surface area contributed by atoms with Gasteiger partial charge in [-0.1, -0.05) is 6.07 Å². The molecule has 0 aliphatic carbocycles. The van der Waals surface area contributed by atoms with E-state index in [1.165, 1.54) is 6.07 Å². The van der Waals surface area contributed by atoms with Crippen molar-refractivity contribution < 1.29 is 18.0 Å². The molecule has 1 aliphatic heterocycles. The van der Waals surface area contributed by atoms with Crippen LogP contribution in [0.5, 0.6) is 0 Å². The largest absolute Gasteiger partial charge is 0.416 e. The summed E-state index contributed by atoms with van der Waals surface area (Å²) < 4.78 is 38.7. The van der Waals surface area contributed by atoms with Gasteiger partial charge < -0.3 is 9.69 Å². The van der Waals surface area contributed by atoms with Crippen molar-refractivity contribution in [1.82, 2.24) is 0 Å². The van der Waals surface area contributed by atoms with E-state index in [2.05, 4.69) is 0 Å². The van der Waals surface area contributed by atoms with Gasteiger partial charge in [-0.15, -0.1) is 0 Å². The van der Waals surface area contributed by atoms with Crippen LogP contribution in [-0.2, 0) is 17.4 Å². The van der Waals surface area contributed by atoms with Gasteiger partial charge in [0.1, 0.15) is 6.29 Å².